The zero-order chi connectivity index (χ0) is 24.1. The maximum Gasteiger partial charge on any atom is 0.315 e. The van der Waals surface area contributed by atoms with Crippen molar-refractivity contribution in [2.45, 2.75) is 96.4 Å². The molecule has 0 saturated heterocycles. The molecule has 0 unspecified atom stereocenters. The summed E-state index contributed by atoms with van der Waals surface area (Å²) in [4.78, 5) is 31.7. The summed E-state index contributed by atoms with van der Waals surface area (Å²) in [5.74, 6) is 0.387. The van der Waals surface area contributed by atoms with Crippen LogP contribution in [0.5, 0.6) is 0 Å². The number of hydrogen-bond acceptors (Lipinski definition) is 4. The standard InChI is InChI=1S/C28H42N4O2/c33-27(14-13-25-15-20-29-21-16-25)12-10-8-6-4-2-1-3-5-7-9-11-19-31-28(34)32-24-26-17-22-30-23-18-26/h15-18,20-23H,1-14,19,24H2,(H2,31,32,34). The topological polar surface area (TPSA) is 84.0 Å². The third-order valence-electron chi connectivity index (χ3n) is 6.06. The number of aryl methyl sites for hydroxylation is 1. The van der Waals surface area contributed by atoms with Gasteiger partial charge >= 0.3 is 6.03 Å². The number of urea groups is 1. The monoisotopic (exact) mass is 466 g/mol. The van der Waals surface area contributed by atoms with Gasteiger partial charge in [0.1, 0.15) is 5.78 Å². The Labute approximate surface area is 205 Å². The van der Waals surface area contributed by atoms with Crippen LogP contribution in [0.25, 0.3) is 0 Å². The Hall–Kier alpha value is -2.76. The van der Waals surface area contributed by atoms with E-state index in [2.05, 4.69) is 20.6 Å². The summed E-state index contributed by atoms with van der Waals surface area (Å²) in [5, 5.41) is 5.78. The van der Waals surface area contributed by atoms with Gasteiger partial charge in [-0.3, -0.25) is 14.8 Å². The number of nitrogens with zero attached hydrogens (tertiary/aromatic N) is 2. The molecule has 2 amide bonds. The van der Waals surface area contributed by atoms with Crippen molar-refractivity contribution < 1.29 is 9.59 Å². The van der Waals surface area contributed by atoms with Crippen LogP contribution >= 0.6 is 0 Å². The molecule has 0 bridgehead atoms. The van der Waals surface area contributed by atoms with Crippen LogP contribution in [0.2, 0.25) is 0 Å². The number of unbranched alkanes of at least 4 members (excludes halogenated alkanes) is 10. The molecule has 2 heterocycles. The number of amides is 2. The second-order valence-electron chi connectivity index (χ2n) is 9.00. The Morgan fingerprint density at radius 3 is 1.68 bits per heavy atom. The third-order valence-corrected chi connectivity index (χ3v) is 6.06. The zero-order valence-corrected chi connectivity index (χ0v) is 20.6. The molecule has 0 fully saturated rings. The van der Waals surface area contributed by atoms with Gasteiger partial charge in [0.2, 0.25) is 0 Å². The van der Waals surface area contributed by atoms with E-state index in [1.807, 2.05) is 24.3 Å². The van der Waals surface area contributed by atoms with Gasteiger partial charge in [-0.25, -0.2) is 4.79 Å². The van der Waals surface area contributed by atoms with E-state index in [-0.39, 0.29) is 6.03 Å². The molecule has 0 radical (unpaired) electrons. The number of nitrogens with one attached hydrogen (secondary N) is 2. The van der Waals surface area contributed by atoms with Gasteiger partial charge in [-0.2, -0.15) is 0 Å². The lowest BCUT2D eigenvalue weighted by Gasteiger charge is -2.07. The fraction of sp³-hybridized carbons (Fsp3) is 0.571. The number of pyridine rings is 2. The third kappa shape index (κ3) is 14.4. The Kier molecular flexibility index (Phi) is 15.1. The van der Waals surface area contributed by atoms with E-state index < -0.39 is 0 Å². The van der Waals surface area contributed by atoms with Gasteiger partial charge in [0, 0.05) is 50.7 Å². The van der Waals surface area contributed by atoms with Crippen LogP contribution in [0, 0.1) is 0 Å². The molecule has 2 N–H and O–H groups in total. The van der Waals surface area contributed by atoms with Crippen molar-refractivity contribution in [2.24, 2.45) is 0 Å². The number of hydrogen-bond donors (Lipinski definition) is 2. The molecule has 2 aromatic heterocycles. The fourth-order valence-corrected chi connectivity index (χ4v) is 3.94. The molecule has 34 heavy (non-hydrogen) atoms. The van der Waals surface area contributed by atoms with Crippen LogP contribution in [-0.4, -0.2) is 28.3 Å². The van der Waals surface area contributed by atoms with Crippen LogP contribution in [0.15, 0.2) is 49.1 Å². The van der Waals surface area contributed by atoms with E-state index in [9.17, 15) is 9.59 Å². The van der Waals surface area contributed by atoms with Crippen molar-refractivity contribution in [1.29, 1.82) is 0 Å². The molecule has 2 rings (SSSR count). The lowest BCUT2D eigenvalue weighted by molar-refractivity contribution is -0.119. The molecule has 0 aliphatic rings. The van der Waals surface area contributed by atoms with Crippen molar-refractivity contribution in [3.63, 3.8) is 0 Å². The first kappa shape index (κ1) is 27.5. The van der Waals surface area contributed by atoms with Gasteiger partial charge in [0.15, 0.2) is 0 Å². The summed E-state index contributed by atoms with van der Waals surface area (Å²) in [6.07, 6.45) is 22.6. The van der Waals surface area contributed by atoms with Crippen molar-refractivity contribution in [3.8, 4) is 0 Å². The predicted octanol–water partition coefficient (Wildman–Crippen LogP) is 6.16. The van der Waals surface area contributed by atoms with Gasteiger partial charge < -0.3 is 10.6 Å². The van der Waals surface area contributed by atoms with Crippen LogP contribution in [0.4, 0.5) is 4.79 Å². The molecule has 2 aromatic rings. The predicted molar refractivity (Wildman–Crippen MR) is 137 cm³/mol. The van der Waals surface area contributed by atoms with E-state index in [1.54, 1.807) is 24.8 Å². The van der Waals surface area contributed by atoms with Crippen molar-refractivity contribution in [3.05, 3.63) is 60.2 Å². The molecule has 0 aliphatic heterocycles. The first-order valence-corrected chi connectivity index (χ1v) is 13.1. The van der Waals surface area contributed by atoms with Gasteiger partial charge in [-0.15, -0.1) is 0 Å². The average molecular weight is 467 g/mol. The van der Waals surface area contributed by atoms with Gasteiger partial charge in [-0.1, -0.05) is 57.8 Å². The smallest absolute Gasteiger partial charge is 0.315 e. The number of Topliss-reactive ketones (excluding diaryl/α,β-unsaturated/α-hetero) is 1. The minimum Gasteiger partial charge on any atom is -0.338 e. The quantitative estimate of drug-likeness (QED) is 0.243. The first-order valence-electron chi connectivity index (χ1n) is 13.1. The van der Waals surface area contributed by atoms with E-state index >= 15 is 0 Å². The average Bonchev–Trinajstić information content (AvgIpc) is 2.87. The molecular weight excluding hydrogens is 424 g/mol. The number of carbonyl (C=O) groups excluding carboxylic acids is 2. The van der Waals surface area contributed by atoms with E-state index in [4.69, 9.17) is 0 Å². The molecule has 6 nitrogen and oxygen atoms in total. The van der Waals surface area contributed by atoms with Gasteiger partial charge in [0.05, 0.1) is 0 Å². The summed E-state index contributed by atoms with van der Waals surface area (Å²) in [7, 11) is 0. The Bertz CT molecular complexity index is 716. The number of carbonyl (C=O) groups is 2. The lowest BCUT2D eigenvalue weighted by atomic mass is 10.0. The van der Waals surface area contributed by atoms with E-state index in [0.29, 0.717) is 18.7 Å². The number of ketones is 1. The molecule has 6 heteroatoms. The number of rotatable bonds is 19. The second kappa shape index (κ2) is 18.6. The molecule has 0 saturated carbocycles. The summed E-state index contributed by atoms with van der Waals surface area (Å²) >= 11 is 0. The van der Waals surface area contributed by atoms with Gasteiger partial charge in [-0.05, 0) is 54.7 Å². The minimum atomic E-state index is -0.105. The molecule has 0 aliphatic carbocycles. The molecule has 186 valence electrons. The molecule has 0 aromatic carbocycles. The minimum absolute atomic E-state index is 0.105. The maximum absolute atomic E-state index is 12.0. The molecular formula is C28H42N4O2. The summed E-state index contributed by atoms with van der Waals surface area (Å²) < 4.78 is 0. The van der Waals surface area contributed by atoms with Crippen molar-refractivity contribution in [2.75, 3.05) is 6.54 Å². The van der Waals surface area contributed by atoms with Crippen LogP contribution < -0.4 is 10.6 Å². The Morgan fingerprint density at radius 1 is 0.588 bits per heavy atom. The zero-order valence-electron chi connectivity index (χ0n) is 20.6. The van der Waals surface area contributed by atoms with E-state index in [0.717, 1.165) is 37.8 Å². The highest BCUT2D eigenvalue weighted by Crippen LogP contribution is 2.13. The lowest BCUT2D eigenvalue weighted by Crippen LogP contribution is -2.35. The summed E-state index contributed by atoms with van der Waals surface area (Å²) in [5.41, 5.74) is 2.24. The van der Waals surface area contributed by atoms with E-state index in [1.165, 1.54) is 63.4 Å². The highest BCUT2D eigenvalue weighted by atomic mass is 16.2. The Morgan fingerprint density at radius 2 is 1.09 bits per heavy atom. The van der Waals surface area contributed by atoms with Crippen molar-refractivity contribution >= 4 is 11.8 Å². The maximum atomic E-state index is 12.0. The normalized spacial score (nSPS) is 10.7. The number of aromatic nitrogens is 2. The Balaban J connectivity index is 1.28. The SMILES string of the molecule is O=C(CCCCCCCCCCCCCNC(=O)NCc1ccncc1)CCc1ccncc1. The summed E-state index contributed by atoms with van der Waals surface area (Å²) in [6, 6.07) is 7.66. The van der Waals surface area contributed by atoms with Crippen LogP contribution in [0.3, 0.4) is 0 Å². The first-order chi connectivity index (χ1) is 16.7. The van der Waals surface area contributed by atoms with Gasteiger partial charge in [0.25, 0.3) is 0 Å². The van der Waals surface area contributed by atoms with Crippen LogP contribution in [0.1, 0.15) is 94.6 Å². The molecule has 0 atom stereocenters. The molecule has 0 spiro atoms. The highest BCUT2D eigenvalue weighted by Gasteiger charge is 2.03. The van der Waals surface area contributed by atoms with Crippen molar-refractivity contribution in [1.82, 2.24) is 20.6 Å². The van der Waals surface area contributed by atoms with Crippen LogP contribution in [-0.2, 0) is 17.8 Å². The second-order valence-corrected chi connectivity index (χ2v) is 9.00. The summed E-state index contributed by atoms with van der Waals surface area (Å²) in [6.45, 7) is 1.26. The fourth-order valence-electron chi connectivity index (χ4n) is 3.94. The largest absolute Gasteiger partial charge is 0.338 e. The highest BCUT2D eigenvalue weighted by molar-refractivity contribution is 5.78.